The van der Waals surface area contributed by atoms with E-state index in [1.165, 1.54) is 0 Å². The second kappa shape index (κ2) is 8.08. The first kappa shape index (κ1) is 16.9. The smallest absolute Gasteiger partial charge is 0.233 e. The molecule has 3 N–H and O–H groups in total. The molecule has 0 radical (unpaired) electrons. The third-order valence-corrected chi connectivity index (χ3v) is 2.47. The summed E-state index contributed by atoms with van der Waals surface area (Å²) in [7, 11) is 0. The fourth-order valence-corrected chi connectivity index (χ4v) is 1.17. The van der Waals surface area contributed by atoms with Crippen LogP contribution in [0.15, 0.2) is 0 Å². The van der Waals surface area contributed by atoms with E-state index in [1.54, 1.807) is 0 Å². The van der Waals surface area contributed by atoms with Crippen molar-refractivity contribution in [2.75, 3.05) is 13.1 Å². The molecular formula is C13H27N3O2. The molecule has 0 heterocycles. The summed E-state index contributed by atoms with van der Waals surface area (Å²) >= 11 is 0. The van der Waals surface area contributed by atoms with Crippen molar-refractivity contribution >= 4 is 11.8 Å². The summed E-state index contributed by atoms with van der Waals surface area (Å²) in [6.45, 7) is 10.6. The Hall–Kier alpha value is -1.10. The summed E-state index contributed by atoms with van der Waals surface area (Å²) in [5.74, 6) is -0.102. The number of carbonyl (C=O) groups excluding carboxylic acids is 2. The van der Waals surface area contributed by atoms with Gasteiger partial charge in [-0.1, -0.05) is 6.92 Å². The summed E-state index contributed by atoms with van der Waals surface area (Å²) < 4.78 is 0. The Bertz CT molecular complexity index is 272. The zero-order chi connectivity index (χ0) is 14.2. The van der Waals surface area contributed by atoms with Crippen molar-refractivity contribution in [2.24, 2.45) is 0 Å². The van der Waals surface area contributed by atoms with Crippen LogP contribution in [-0.4, -0.2) is 36.5 Å². The van der Waals surface area contributed by atoms with E-state index >= 15 is 0 Å². The van der Waals surface area contributed by atoms with E-state index in [9.17, 15) is 9.59 Å². The molecular weight excluding hydrogens is 230 g/mol. The Morgan fingerprint density at radius 3 is 2.28 bits per heavy atom. The summed E-state index contributed by atoms with van der Waals surface area (Å²) in [4.78, 5) is 22.9. The van der Waals surface area contributed by atoms with Crippen LogP contribution < -0.4 is 16.0 Å². The van der Waals surface area contributed by atoms with Crippen LogP contribution in [0.5, 0.6) is 0 Å². The minimum Gasteiger partial charge on any atom is -0.354 e. The molecule has 106 valence electrons. The molecule has 5 nitrogen and oxygen atoms in total. The van der Waals surface area contributed by atoms with Crippen molar-refractivity contribution < 1.29 is 9.59 Å². The van der Waals surface area contributed by atoms with Crippen LogP contribution in [0.1, 0.15) is 47.5 Å². The van der Waals surface area contributed by atoms with Crippen LogP contribution in [-0.2, 0) is 9.59 Å². The van der Waals surface area contributed by atoms with Gasteiger partial charge in [0, 0.05) is 24.5 Å². The zero-order valence-electron chi connectivity index (χ0n) is 12.2. The lowest BCUT2D eigenvalue weighted by Crippen LogP contribution is -2.44. The van der Waals surface area contributed by atoms with Crippen LogP contribution >= 0.6 is 0 Å². The normalized spacial score (nSPS) is 12.9. The lowest BCUT2D eigenvalue weighted by molar-refractivity contribution is -0.122. The third kappa shape index (κ3) is 10.1. The minimum absolute atomic E-state index is 0.0200. The average Bonchev–Trinajstić information content (AvgIpc) is 2.25. The van der Waals surface area contributed by atoms with E-state index in [2.05, 4.69) is 16.0 Å². The molecule has 0 aromatic heterocycles. The largest absolute Gasteiger partial charge is 0.354 e. The number of hydrogen-bond donors (Lipinski definition) is 3. The predicted molar refractivity (Wildman–Crippen MR) is 73.3 cm³/mol. The van der Waals surface area contributed by atoms with Crippen molar-refractivity contribution in [3.05, 3.63) is 0 Å². The van der Waals surface area contributed by atoms with Gasteiger partial charge in [-0.25, -0.2) is 0 Å². The maximum Gasteiger partial charge on any atom is 0.233 e. The van der Waals surface area contributed by atoms with Gasteiger partial charge in [-0.2, -0.15) is 0 Å². The molecule has 0 aliphatic carbocycles. The Labute approximate surface area is 110 Å². The number of carbonyl (C=O) groups is 2. The van der Waals surface area contributed by atoms with E-state index in [0.717, 1.165) is 6.42 Å². The second-order valence-corrected chi connectivity index (χ2v) is 5.58. The van der Waals surface area contributed by atoms with Crippen LogP contribution in [0.3, 0.4) is 0 Å². The second-order valence-electron chi connectivity index (χ2n) is 5.58. The molecule has 0 saturated carbocycles. The quantitative estimate of drug-likeness (QED) is 0.631. The summed E-state index contributed by atoms with van der Waals surface area (Å²) in [6, 6.07) is 0.191. The molecule has 0 bridgehead atoms. The molecule has 0 aliphatic rings. The summed E-state index contributed by atoms with van der Waals surface area (Å²) in [5.41, 5.74) is -0.0781. The van der Waals surface area contributed by atoms with E-state index < -0.39 is 0 Å². The van der Waals surface area contributed by atoms with Gasteiger partial charge in [0.15, 0.2) is 0 Å². The Balaban J connectivity index is 3.65. The van der Waals surface area contributed by atoms with Crippen LogP contribution in [0.25, 0.3) is 0 Å². The highest BCUT2D eigenvalue weighted by molar-refractivity contribution is 5.80. The first-order valence-electron chi connectivity index (χ1n) is 6.55. The van der Waals surface area contributed by atoms with E-state index in [0.29, 0.717) is 13.0 Å². The maximum absolute atomic E-state index is 11.4. The van der Waals surface area contributed by atoms with E-state index in [4.69, 9.17) is 0 Å². The zero-order valence-corrected chi connectivity index (χ0v) is 12.2. The Morgan fingerprint density at radius 2 is 1.78 bits per heavy atom. The summed E-state index contributed by atoms with van der Waals surface area (Å²) in [5, 5.41) is 8.66. The molecule has 0 aromatic carbocycles. The SMILES string of the molecule is CCC(C)NC(=O)CCNC(=O)CNC(C)(C)C. The molecule has 0 saturated heterocycles. The molecule has 18 heavy (non-hydrogen) atoms. The van der Waals surface area contributed by atoms with Gasteiger partial charge in [0.05, 0.1) is 6.54 Å². The first-order chi connectivity index (χ1) is 8.24. The van der Waals surface area contributed by atoms with Crippen LogP contribution in [0.4, 0.5) is 0 Å². The monoisotopic (exact) mass is 257 g/mol. The molecule has 0 aliphatic heterocycles. The van der Waals surface area contributed by atoms with Crippen molar-refractivity contribution in [3.63, 3.8) is 0 Å². The molecule has 2 amide bonds. The number of nitrogens with one attached hydrogen (secondary N) is 3. The Morgan fingerprint density at radius 1 is 1.17 bits per heavy atom. The van der Waals surface area contributed by atoms with Crippen molar-refractivity contribution in [1.29, 1.82) is 0 Å². The van der Waals surface area contributed by atoms with Gasteiger partial charge in [0.25, 0.3) is 0 Å². The standard InChI is InChI=1S/C13H27N3O2/c1-6-10(2)16-11(17)7-8-14-12(18)9-15-13(3,4)5/h10,15H,6-9H2,1-5H3,(H,14,18)(H,16,17). The van der Waals surface area contributed by atoms with Gasteiger partial charge in [0.2, 0.25) is 11.8 Å². The van der Waals surface area contributed by atoms with E-state index in [1.807, 2.05) is 34.6 Å². The van der Waals surface area contributed by atoms with E-state index in [-0.39, 0.29) is 29.9 Å². The maximum atomic E-state index is 11.4. The van der Waals surface area contributed by atoms with Gasteiger partial charge in [-0.05, 0) is 34.1 Å². The van der Waals surface area contributed by atoms with Crippen LogP contribution in [0.2, 0.25) is 0 Å². The third-order valence-electron chi connectivity index (χ3n) is 2.47. The van der Waals surface area contributed by atoms with Crippen molar-refractivity contribution in [1.82, 2.24) is 16.0 Å². The molecule has 0 fully saturated rings. The number of hydrogen-bond acceptors (Lipinski definition) is 3. The highest BCUT2D eigenvalue weighted by Gasteiger charge is 2.11. The van der Waals surface area contributed by atoms with Crippen LogP contribution in [0, 0.1) is 0 Å². The summed E-state index contributed by atoms with van der Waals surface area (Å²) in [6.07, 6.45) is 1.24. The fraction of sp³-hybridized carbons (Fsp3) is 0.846. The highest BCUT2D eigenvalue weighted by Crippen LogP contribution is 1.96. The molecule has 1 unspecified atom stereocenters. The molecule has 0 spiro atoms. The average molecular weight is 257 g/mol. The van der Waals surface area contributed by atoms with Gasteiger partial charge in [-0.3, -0.25) is 9.59 Å². The fourth-order valence-electron chi connectivity index (χ4n) is 1.17. The highest BCUT2D eigenvalue weighted by atomic mass is 16.2. The predicted octanol–water partition coefficient (Wildman–Crippen LogP) is 0.796. The molecule has 0 aromatic rings. The number of rotatable bonds is 7. The van der Waals surface area contributed by atoms with Crippen molar-refractivity contribution in [2.45, 2.75) is 59.0 Å². The molecule has 1 atom stereocenters. The van der Waals surface area contributed by atoms with Gasteiger partial charge >= 0.3 is 0 Å². The van der Waals surface area contributed by atoms with Crippen molar-refractivity contribution in [3.8, 4) is 0 Å². The van der Waals surface area contributed by atoms with Gasteiger partial charge < -0.3 is 16.0 Å². The molecule has 0 rings (SSSR count). The van der Waals surface area contributed by atoms with Gasteiger partial charge in [-0.15, -0.1) is 0 Å². The topological polar surface area (TPSA) is 70.2 Å². The minimum atomic E-state index is -0.0822. The van der Waals surface area contributed by atoms with Gasteiger partial charge in [0.1, 0.15) is 0 Å². The molecule has 5 heteroatoms. The lowest BCUT2D eigenvalue weighted by Gasteiger charge is -2.20. The Kier molecular flexibility index (Phi) is 7.59. The first-order valence-corrected chi connectivity index (χ1v) is 6.55. The number of amides is 2. The lowest BCUT2D eigenvalue weighted by atomic mass is 10.1.